The van der Waals surface area contributed by atoms with E-state index in [4.69, 9.17) is 0 Å². The Morgan fingerprint density at radius 2 is 1.94 bits per heavy atom. The molecule has 172 valence electrons. The van der Waals surface area contributed by atoms with Crippen LogP contribution in [0.25, 0.3) is 11.0 Å². The van der Waals surface area contributed by atoms with Crippen LogP contribution in [0, 0.1) is 0 Å². The lowest BCUT2D eigenvalue weighted by Crippen LogP contribution is -2.46. The number of hydrogen-bond acceptors (Lipinski definition) is 6. The van der Waals surface area contributed by atoms with Crippen LogP contribution in [0.4, 0.5) is 5.69 Å². The summed E-state index contributed by atoms with van der Waals surface area (Å²) in [7, 11) is 0. The van der Waals surface area contributed by atoms with E-state index in [0.717, 1.165) is 73.4 Å². The number of nitrogens with one attached hydrogen (secondary N) is 2. The van der Waals surface area contributed by atoms with Gasteiger partial charge in [-0.3, -0.25) is 19.5 Å². The van der Waals surface area contributed by atoms with Crippen molar-refractivity contribution in [2.24, 2.45) is 0 Å². The Bertz CT molecular complexity index is 1190. The van der Waals surface area contributed by atoms with Crippen molar-refractivity contribution in [1.82, 2.24) is 25.2 Å². The Balaban J connectivity index is 1.17. The zero-order valence-corrected chi connectivity index (χ0v) is 19.0. The van der Waals surface area contributed by atoms with Crippen LogP contribution in [0.15, 0.2) is 41.5 Å². The van der Waals surface area contributed by atoms with Gasteiger partial charge in [0.05, 0.1) is 22.9 Å². The zero-order valence-electron chi connectivity index (χ0n) is 19.0. The maximum Gasteiger partial charge on any atom is 0.270 e. The predicted molar refractivity (Wildman–Crippen MR) is 129 cm³/mol. The molecule has 1 saturated carbocycles. The van der Waals surface area contributed by atoms with Gasteiger partial charge in [-0.2, -0.15) is 0 Å². The van der Waals surface area contributed by atoms with Gasteiger partial charge in [0.25, 0.3) is 11.5 Å². The molecule has 0 spiro atoms. The Hall–Kier alpha value is -3.26. The highest BCUT2D eigenvalue weighted by atomic mass is 16.2. The van der Waals surface area contributed by atoms with Crippen LogP contribution in [0.5, 0.6) is 0 Å². The van der Waals surface area contributed by atoms with Crippen molar-refractivity contribution in [3.8, 4) is 0 Å². The first-order chi connectivity index (χ1) is 16.1. The molecule has 2 fully saturated rings. The number of aromatic nitrogens is 3. The smallest absolute Gasteiger partial charge is 0.270 e. The van der Waals surface area contributed by atoms with Gasteiger partial charge < -0.3 is 15.2 Å². The number of hydrogen-bond donors (Lipinski definition) is 2. The first-order valence-corrected chi connectivity index (χ1v) is 11.8. The number of amides is 1. The molecule has 0 bridgehead atoms. The predicted octanol–water partition coefficient (Wildman–Crippen LogP) is 2.49. The lowest BCUT2D eigenvalue weighted by Gasteiger charge is -2.36. The monoisotopic (exact) mass is 446 g/mol. The molecule has 0 atom stereocenters. The van der Waals surface area contributed by atoms with E-state index in [-0.39, 0.29) is 11.5 Å². The average molecular weight is 447 g/mol. The van der Waals surface area contributed by atoms with E-state index >= 15 is 0 Å². The van der Waals surface area contributed by atoms with Gasteiger partial charge in [0.2, 0.25) is 0 Å². The molecule has 2 N–H and O–H groups in total. The minimum Gasteiger partial charge on any atom is -0.368 e. The van der Waals surface area contributed by atoms with E-state index in [1.165, 1.54) is 6.42 Å². The topological polar surface area (TPSA) is 94.2 Å². The first-order valence-electron chi connectivity index (χ1n) is 11.8. The molecule has 33 heavy (non-hydrogen) atoms. The third kappa shape index (κ3) is 4.75. The number of fused-ring (bicyclic) bond motifs is 1. The Kier molecular flexibility index (Phi) is 6.09. The Morgan fingerprint density at radius 3 is 2.61 bits per heavy atom. The molecule has 0 aromatic carbocycles. The molecule has 3 aromatic heterocycles. The molecular weight excluding hydrogens is 416 g/mol. The molecular formula is C25H30N6O2. The highest BCUT2D eigenvalue weighted by molar-refractivity contribution is 5.92. The maximum absolute atomic E-state index is 12.3. The van der Waals surface area contributed by atoms with E-state index < -0.39 is 0 Å². The number of aryl methyl sites for hydroxylation is 1. The van der Waals surface area contributed by atoms with Gasteiger partial charge in [0.15, 0.2) is 0 Å². The van der Waals surface area contributed by atoms with Gasteiger partial charge in [-0.15, -0.1) is 0 Å². The van der Waals surface area contributed by atoms with E-state index in [0.29, 0.717) is 18.2 Å². The van der Waals surface area contributed by atoms with Gasteiger partial charge in [0.1, 0.15) is 5.69 Å². The second-order valence-electron chi connectivity index (χ2n) is 9.02. The number of H-pyrrole nitrogens is 1. The number of piperazine rings is 1. The van der Waals surface area contributed by atoms with Crippen molar-refractivity contribution in [2.45, 2.75) is 45.2 Å². The van der Waals surface area contributed by atoms with Crippen LogP contribution in [0.1, 0.15) is 47.8 Å². The van der Waals surface area contributed by atoms with Gasteiger partial charge in [0, 0.05) is 50.5 Å². The number of pyridine rings is 3. The molecule has 1 saturated heterocycles. The normalized spacial score (nSPS) is 17.2. The third-order valence-electron chi connectivity index (χ3n) is 6.77. The molecule has 3 aromatic rings. The summed E-state index contributed by atoms with van der Waals surface area (Å²) >= 11 is 0. The number of aromatic amines is 1. The largest absolute Gasteiger partial charge is 0.368 e. The first kappa shape index (κ1) is 21.6. The maximum atomic E-state index is 12.3. The average Bonchev–Trinajstić information content (AvgIpc) is 2.81. The second kappa shape index (κ2) is 9.31. The molecule has 8 heteroatoms. The molecule has 1 aliphatic heterocycles. The highest BCUT2D eigenvalue weighted by Gasteiger charge is 2.22. The highest BCUT2D eigenvalue weighted by Crippen LogP contribution is 2.20. The molecule has 2 aliphatic rings. The molecule has 5 rings (SSSR count). The molecule has 0 radical (unpaired) electrons. The van der Waals surface area contributed by atoms with E-state index in [1.54, 1.807) is 6.20 Å². The lowest BCUT2D eigenvalue weighted by molar-refractivity contribution is 0.0912. The second-order valence-corrected chi connectivity index (χ2v) is 9.02. The summed E-state index contributed by atoms with van der Waals surface area (Å²) in [5.41, 5.74) is 4.99. The van der Waals surface area contributed by atoms with Crippen molar-refractivity contribution in [3.63, 3.8) is 0 Å². The number of rotatable bonds is 6. The van der Waals surface area contributed by atoms with E-state index in [9.17, 15) is 9.59 Å². The zero-order chi connectivity index (χ0) is 22.8. The standard InChI is InChI=1S/C25H30N6O2/c1-2-18-13-22-23(29-24(18)32)12-17(14-26-22)16-30-8-10-31(11-9-30)20-6-7-21(27-15-20)25(33)28-19-4-3-5-19/h6-7,12-15,19H,2-5,8-11,16H2,1H3,(H,28,33)(H,29,32). The van der Waals surface area contributed by atoms with Crippen molar-refractivity contribution in [3.05, 3.63) is 63.8 Å². The van der Waals surface area contributed by atoms with E-state index in [1.807, 2.05) is 37.4 Å². The quantitative estimate of drug-likeness (QED) is 0.604. The van der Waals surface area contributed by atoms with Crippen LogP contribution in [-0.4, -0.2) is 58.0 Å². The Labute approximate surface area is 193 Å². The van der Waals surface area contributed by atoms with Gasteiger partial charge >= 0.3 is 0 Å². The SMILES string of the molecule is CCc1cc2ncc(CN3CCN(c4ccc(C(=O)NC5CCC5)nc4)CC3)cc2[nH]c1=O. The van der Waals surface area contributed by atoms with Crippen molar-refractivity contribution < 1.29 is 4.79 Å². The van der Waals surface area contributed by atoms with Crippen LogP contribution in [0.3, 0.4) is 0 Å². The fourth-order valence-corrected chi connectivity index (χ4v) is 4.46. The fraction of sp³-hybridized carbons (Fsp3) is 0.440. The summed E-state index contributed by atoms with van der Waals surface area (Å²) in [4.78, 5) is 41.0. The van der Waals surface area contributed by atoms with Crippen molar-refractivity contribution in [2.75, 3.05) is 31.1 Å². The van der Waals surface area contributed by atoms with Gasteiger partial charge in [-0.05, 0) is 55.5 Å². The Morgan fingerprint density at radius 1 is 1.12 bits per heavy atom. The summed E-state index contributed by atoms with van der Waals surface area (Å²) in [6, 6.07) is 8.05. The van der Waals surface area contributed by atoms with Gasteiger partial charge in [-0.25, -0.2) is 4.98 Å². The molecule has 0 unspecified atom stereocenters. The van der Waals surface area contributed by atoms with Gasteiger partial charge in [-0.1, -0.05) is 6.92 Å². The minimum atomic E-state index is -0.0765. The summed E-state index contributed by atoms with van der Waals surface area (Å²) in [5.74, 6) is -0.0765. The number of anilines is 1. The van der Waals surface area contributed by atoms with Crippen LogP contribution < -0.4 is 15.8 Å². The molecule has 4 heterocycles. The molecule has 1 amide bonds. The summed E-state index contributed by atoms with van der Waals surface area (Å²) in [5, 5.41) is 3.03. The number of carbonyl (C=O) groups is 1. The minimum absolute atomic E-state index is 0.0299. The molecule has 8 nitrogen and oxygen atoms in total. The summed E-state index contributed by atoms with van der Waals surface area (Å²) in [6.45, 7) is 6.41. The van der Waals surface area contributed by atoms with Crippen molar-refractivity contribution >= 4 is 22.6 Å². The lowest BCUT2D eigenvalue weighted by atomic mass is 9.93. The fourth-order valence-electron chi connectivity index (χ4n) is 4.46. The number of carbonyl (C=O) groups excluding carboxylic acids is 1. The number of nitrogens with zero attached hydrogens (tertiary/aromatic N) is 4. The van der Waals surface area contributed by atoms with Crippen LogP contribution in [-0.2, 0) is 13.0 Å². The summed E-state index contributed by atoms with van der Waals surface area (Å²) in [6.07, 6.45) is 7.75. The molecule has 1 aliphatic carbocycles. The summed E-state index contributed by atoms with van der Waals surface area (Å²) < 4.78 is 0. The van der Waals surface area contributed by atoms with E-state index in [2.05, 4.69) is 30.1 Å². The van der Waals surface area contributed by atoms with Crippen LogP contribution in [0.2, 0.25) is 0 Å². The third-order valence-corrected chi connectivity index (χ3v) is 6.77. The van der Waals surface area contributed by atoms with Crippen LogP contribution >= 0.6 is 0 Å². The van der Waals surface area contributed by atoms with Crippen molar-refractivity contribution in [1.29, 1.82) is 0 Å².